The number of aromatic amines is 1. The van der Waals surface area contributed by atoms with Crippen molar-refractivity contribution in [1.82, 2.24) is 4.98 Å². The van der Waals surface area contributed by atoms with Crippen LogP contribution in [0.15, 0.2) is 30.5 Å². The second-order valence-electron chi connectivity index (χ2n) is 2.49. The molecule has 0 unspecified atom stereocenters. The Balaban J connectivity index is 2.79. The number of halogens is 1. The molecule has 1 nitrogen and oxygen atoms in total. The molecular weight excluding hydrogens is 141 g/mol. The Hall–Kier alpha value is -1.31. The van der Waals surface area contributed by atoms with Crippen LogP contribution < -0.4 is 0 Å². The van der Waals surface area contributed by atoms with E-state index in [0.29, 0.717) is 0 Å². The van der Waals surface area contributed by atoms with Crippen molar-refractivity contribution in [2.75, 3.05) is 0 Å². The van der Waals surface area contributed by atoms with Crippen molar-refractivity contribution < 1.29 is 4.39 Å². The van der Waals surface area contributed by atoms with Crippen LogP contribution in [0.3, 0.4) is 0 Å². The van der Waals surface area contributed by atoms with Crippen molar-refractivity contribution in [3.05, 3.63) is 36.0 Å². The van der Waals surface area contributed by atoms with Gasteiger partial charge in [-0.2, -0.15) is 0 Å². The van der Waals surface area contributed by atoms with E-state index in [1.807, 2.05) is 24.4 Å². The van der Waals surface area contributed by atoms with E-state index in [1.54, 1.807) is 6.07 Å². The topological polar surface area (TPSA) is 15.8 Å². The molecule has 2 heteroatoms. The van der Waals surface area contributed by atoms with Crippen molar-refractivity contribution in [3.63, 3.8) is 0 Å². The summed E-state index contributed by atoms with van der Waals surface area (Å²) < 4.78 is 12.3. The molecule has 0 atom stereocenters. The number of aromatic nitrogens is 1. The summed E-state index contributed by atoms with van der Waals surface area (Å²) in [6, 6.07) is 7.49. The highest BCUT2D eigenvalue weighted by Crippen LogP contribution is 2.17. The predicted molar refractivity (Wildman–Crippen MR) is 43.1 cm³/mol. The van der Waals surface area contributed by atoms with Gasteiger partial charge in [-0.1, -0.05) is 12.1 Å². The van der Waals surface area contributed by atoms with E-state index in [-0.39, 0.29) is 0 Å². The van der Waals surface area contributed by atoms with E-state index in [9.17, 15) is 4.39 Å². The Bertz CT molecular complexity index is 364. The highest BCUT2D eigenvalue weighted by atomic mass is 19.1. The molecule has 1 heterocycles. The number of alkyl halides is 1. The van der Waals surface area contributed by atoms with Crippen LogP contribution >= 0.6 is 0 Å². The SMILES string of the molecule is FCc1cccc2[nH]ccc12. The van der Waals surface area contributed by atoms with Gasteiger partial charge >= 0.3 is 0 Å². The number of hydrogen-bond donors (Lipinski definition) is 1. The van der Waals surface area contributed by atoms with Crippen LogP contribution in [0.5, 0.6) is 0 Å². The summed E-state index contributed by atoms with van der Waals surface area (Å²) in [6.45, 7) is -0.394. The minimum atomic E-state index is -0.394. The fourth-order valence-corrected chi connectivity index (χ4v) is 1.27. The molecule has 0 bridgehead atoms. The van der Waals surface area contributed by atoms with E-state index in [2.05, 4.69) is 4.98 Å². The van der Waals surface area contributed by atoms with E-state index in [0.717, 1.165) is 16.5 Å². The van der Waals surface area contributed by atoms with Gasteiger partial charge in [0.2, 0.25) is 0 Å². The highest BCUT2D eigenvalue weighted by Gasteiger charge is 1.98. The van der Waals surface area contributed by atoms with Crippen molar-refractivity contribution >= 4 is 10.9 Å². The highest BCUT2D eigenvalue weighted by molar-refractivity contribution is 5.82. The zero-order chi connectivity index (χ0) is 7.68. The number of nitrogens with one attached hydrogen (secondary N) is 1. The van der Waals surface area contributed by atoms with Crippen LogP contribution in [0.2, 0.25) is 0 Å². The molecule has 0 spiro atoms. The van der Waals surface area contributed by atoms with Crippen LogP contribution in [-0.4, -0.2) is 4.98 Å². The first-order chi connectivity index (χ1) is 5.42. The minimum absolute atomic E-state index is 0.394. The number of hydrogen-bond acceptors (Lipinski definition) is 0. The van der Waals surface area contributed by atoms with Crippen LogP contribution in [-0.2, 0) is 6.67 Å². The summed E-state index contributed by atoms with van der Waals surface area (Å²) in [6.07, 6.45) is 1.82. The molecule has 0 aliphatic carbocycles. The molecule has 0 radical (unpaired) electrons. The smallest absolute Gasteiger partial charge is 0.115 e. The van der Waals surface area contributed by atoms with Crippen molar-refractivity contribution in [3.8, 4) is 0 Å². The standard InChI is InChI=1S/C9H8FN/c10-6-7-2-1-3-9-8(7)4-5-11-9/h1-5,11H,6H2. The first kappa shape index (κ1) is 6.40. The second kappa shape index (κ2) is 2.38. The molecule has 1 aromatic carbocycles. The van der Waals surface area contributed by atoms with Crippen molar-refractivity contribution in [2.24, 2.45) is 0 Å². The maximum absolute atomic E-state index is 12.3. The average Bonchev–Trinajstić information content (AvgIpc) is 2.50. The number of fused-ring (bicyclic) bond motifs is 1. The van der Waals surface area contributed by atoms with Crippen molar-refractivity contribution in [2.45, 2.75) is 6.67 Å². The lowest BCUT2D eigenvalue weighted by Crippen LogP contribution is -1.77. The molecule has 2 aromatic rings. The fraction of sp³-hybridized carbons (Fsp3) is 0.111. The van der Waals surface area contributed by atoms with E-state index < -0.39 is 6.67 Å². The van der Waals surface area contributed by atoms with Gasteiger partial charge in [0.05, 0.1) is 0 Å². The molecular formula is C9H8FN. The Kier molecular flexibility index (Phi) is 1.39. The molecule has 0 aliphatic heterocycles. The van der Waals surface area contributed by atoms with Gasteiger partial charge in [-0.25, -0.2) is 4.39 Å². The van der Waals surface area contributed by atoms with Gasteiger partial charge in [0.1, 0.15) is 6.67 Å². The predicted octanol–water partition coefficient (Wildman–Crippen LogP) is 2.64. The lowest BCUT2D eigenvalue weighted by atomic mass is 10.1. The number of H-pyrrole nitrogens is 1. The molecule has 0 saturated carbocycles. The van der Waals surface area contributed by atoms with E-state index >= 15 is 0 Å². The third kappa shape index (κ3) is 0.909. The summed E-state index contributed by atoms with van der Waals surface area (Å²) in [5, 5.41) is 0.981. The molecule has 11 heavy (non-hydrogen) atoms. The molecule has 0 amide bonds. The average molecular weight is 149 g/mol. The Labute approximate surface area is 63.9 Å². The largest absolute Gasteiger partial charge is 0.361 e. The number of benzene rings is 1. The van der Waals surface area contributed by atoms with Crippen LogP contribution in [0.1, 0.15) is 5.56 Å². The van der Waals surface area contributed by atoms with E-state index in [4.69, 9.17) is 0 Å². The summed E-state index contributed by atoms with van der Waals surface area (Å²) in [7, 11) is 0. The lowest BCUT2D eigenvalue weighted by Gasteiger charge is -1.94. The molecule has 1 aromatic heterocycles. The second-order valence-corrected chi connectivity index (χ2v) is 2.49. The zero-order valence-corrected chi connectivity index (χ0v) is 5.97. The number of rotatable bonds is 1. The van der Waals surface area contributed by atoms with Gasteiger partial charge < -0.3 is 4.98 Å². The molecule has 0 fully saturated rings. The normalized spacial score (nSPS) is 10.6. The molecule has 1 N–H and O–H groups in total. The molecule has 56 valence electrons. The lowest BCUT2D eigenvalue weighted by molar-refractivity contribution is 0.488. The summed E-state index contributed by atoms with van der Waals surface area (Å²) >= 11 is 0. The molecule has 0 saturated heterocycles. The first-order valence-electron chi connectivity index (χ1n) is 3.53. The quantitative estimate of drug-likeness (QED) is 0.641. The maximum atomic E-state index is 12.3. The van der Waals surface area contributed by atoms with Gasteiger partial charge in [-0.15, -0.1) is 0 Å². The first-order valence-corrected chi connectivity index (χ1v) is 3.53. The summed E-state index contributed by atoms with van der Waals surface area (Å²) in [4.78, 5) is 3.03. The summed E-state index contributed by atoms with van der Waals surface area (Å²) in [5.41, 5.74) is 1.75. The van der Waals surface area contributed by atoms with Crippen LogP contribution in [0, 0.1) is 0 Å². The van der Waals surface area contributed by atoms with E-state index in [1.165, 1.54) is 0 Å². The molecule has 0 aliphatic rings. The van der Waals surface area contributed by atoms with Gasteiger partial charge in [0, 0.05) is 17.1 Å². The van der Waals surface area contributed by atoms with Gasteiger partial charge in [-0.05, 0) is 17.7 Å². The van der Waals surface area contributed by atoms with Gasteiger partial charge in [0.15, 0.2) is 0 Å². The van der Waals surface area contributed by atoms with Crippen molar-refractivity contribution in [1.29, 1.82) is 0 Å². The van der Waals surface area contributed by atoms with Crippen LogP contribution in [0.25, 0.3) is 10.9 Å². The summed E-state index contributed by atoms with van der Waals surface area (Å²) in [5.74, 6) is 0. The Morgan fingerprint density at radius 1 is 1.27 bits per heavy atom. The third-order valence-corrected chi connectivity index (χ3v) is 1.83. The fourth-order valence-electron chi connectivity index (χ4n) is 1.27. The molecule has 2 rings (SSSR count). The Morgan fingerprint density at radius 2 is 2.18 bits per heavy atom. The third-order valence-electron chi connectivity index (χ3n) is 1.83. The minimum Gasteiger partial charge on any atom is -0.361 e. The van der Waals surface area contributed by atoms with Gasteiger partial charge in [-0.3, -0.25) is 0 Å². The maximum Gasteiger partial charge on any atom is 0.115 e. The van der Waals surface area contributed by atoms with Gasteiger partial charge in [0.25, 0.3) is 0 Å². The van der Waals surface area contributed by atoms with Crippen LogP contribution in [0.4, 0.5) is 4.39 Å². The monoisotopic (exact) mass is 149 g/mol. The Morgan fingerprint density at radius 3 is 3.00 bits per heavy atom. The zero-order valence-electron chi connectivity index (χ0n) is 5.97.